The van der Waals surface area contributed by atoms with Crippen LogP contribution in [0.1, 0.15) is 71.4 Å². The molecule has 0 saturated heterocycles. The summed E-state index contributed by atoms with van der Waals surface area (Å²) in [6.45, 7) is 8.50. The van der Waals surface area contributed by atoms with E-state index >= 15 is 0 Å². The normalized spacial score (nSPS) is 28.7. The maximum Gasteiger partial charge on any atom is 0.307 e. The molecule has 2 aliphatic rings. The van der Waals surface area contributed by atoms with Gasteiger partial charge < -0.3 is 15.2 Å². The molecule has 4 rings (SSSR count). The lowest BCUT2D eigenvalue weighted by molar-refractivity contribution is -0.155. The van der Waals surface area contributed by atoms with Crippen molar-refractivity contribution in [3.05, 3.63) is 40.9 Å². The first-order valence-corrected chi connectivity index (χ1v) is 11.9. The van der Waals surface area contributed by atoms with Crippen molar-refractivity contribution < 1.29 is 14.6 Å². The summed E-state index contributed by atoms with van der Waals surface area (Å²) in [6, 6.07) is 10.7. The van der Waals surface area contributed by atoms with Gasteiger partial charge >= 0.3 is 5.97 Å². The minimum atomic E-state index is -0.701. The molecule has 2 N–H and O–H groups in total. The van der Waals surface area contributed by atoms with Gasteiger partial charge in [-0.05, 0) is 73.4 Å². The molecule has 0 radical (unpaired) electrons. The summed E-state index contributed by atoms with van der Waals surface area (Å²) in [5.41, 5.74) is 0.889. The number of nitrogens with one attached hydrogen (secondary N) is 1. The minimum Gasteiger partial charge on any atom is -0.489 e. The van der Waals surface area contributed by atoms with E-state index in [0.717, 1.165) is 40.8 Å². The molecule has 31 heavy (non-hydrogen) atoms. The van der Waals surface area contributed by atoms with Crippen LogP contribution in [-0.2, 0) is 4.79 Å². The lowest BCUT2D eigenvalue weighted by Crippen LogP contribution is -2.59. The van der Waals surface area contributed by atoms with E-state index < -0.39 is 5.97 Å². The second-order valence-electron chi connectivity index (χ2n) is 10.2. The highest BCUT2D eigenvalue weighted by Crippen LogP contribution is 2.47. The number of hydrogen-bond donors (Lipinski definition) is 2. The Morgan fingerprint density at radius 1 is 1.19 bits per heavy atom. The van der Waals surface area contributed by atoms with Gasteiger partial charge in [0.15, 0.2) is 0 Å². The van der Waals surface area contributed by atoms with Gasteiger partial charge in [-0.2, -0.15) is 0 Å². The Balaban J connectivity index is 1.50. The average molecular weight is 444 g/mol. The molecule has 3 atom stereocenters. The van der Waals surface area contributed by atoms with Crippen LogP contribution in [0.3, 0.4) is 0 Å². The molecule has 2 aromatic rings. The number of carbonyl (C=O) groups is 1. The predicted molar refractivity (Wildman–Crippen MR) is 126 cm³/mol. The predicted octanol–water partition coefficient (Wildman–Crippen LogP) is 6.60. The van der Waals surface area contributed by atoms with E-state index in [1.54, 1.807) is 0 Å². The number of ether oxygens (including phenoxy) is 1. The highest BCUT2D eigenvalue weighted by molar-refractivity contribution is 6.37. The van der Waals surface area contributed by atoms with Crippen molar-refractivity contribution in [3.8, 4) is 5.75 Å². The van der Waals surface area contributed by atoms with Crippen LogP contribution in [0.15, 0.2) is 30.3 Å². The second-order valence-corrected chi connectivity index (χ2v) is 10.6. The number of hydrogen-bond acceptors (Lipinski definition) is 3. The zero-order valence-electron chi connectivity index (χ0n) is 19.0. The second kappa shape index (κ2) is 8.63. The van der Waals surface area contributed by atoms with Crippen LogP contribution in [0.5, 0.6) is 5.75 Å². The zero-order valence-corrected chi connectivity index (χ0v) is 19.7. The molecule has 0 amide bonds. The quantitative estimate of drug-likeness (QED) is 0.528. The maximum absolute atomic E-state index is 11.4. The third-order valence-corrected chi connectivity index (χ3v) is 8.11. The molecule has 2 aromatic carbocycles. The first kappa shape index (κ1) is 22.4. The molecule has 0 heterocycles. The molecule has 0 aromatic heterocycles. The summed E-state index contributed by atoms with van der Waals surface area (Å²) in [7, 11) is 0. The first-order chi connectivity index (χ1) is 14.7. The number of carboxylic acids is 1. The fraction of sp³-hybridized carbons (Fsp3) is 0.577. The van der Waals surface area contributed by atoms with Gasteiger partial charge in [0.2, 0.25) is 0 Å². The smallest absolute Gasteiger partial charge is 0.307 e. The van der Waals surface area contributed by atoms with E-state index in [2.05, 4.69) is 43.4 Å². The lowest BCUT2D eigenvalue weighted by Gasteiger charge is -2.51. The van der Waals surface area contributed by atoms with Crippen LogP contribution in [-0.4, -0.2) is 23.2 Å². The monoisotopic (exact) mass is 443 g/mol. The maximum atomic E-state index is 11.4. The third kappa shape index (κ3) is 4.42. The Morgan fingerprint density at radius 2 is 1.87 bits per heavy atom. The topological polar surface area (TPSA) is 58.6 Å². The van der Waals surface area contributed by atoms with E-state index in [1.165, 1.54) is 12.8 Å². The van der Waals surface area contributed by atoms with Gasteiger partial charge in [0, 0.05) is 17.5 Å². The SMILES string of the molecule is CC1CCC(Oc2ccc3ccc(C(C)NC4CC(C(=O)O)C4(C)C)cc3c2Cl)CC1. The van der Waals surface area contributed by atoms with Gasteiger partial charge in [0.25, 0.3) is 0 Å². The highest BCUT2D eigenvalue weighted by atomic mass is 35.5. The van der Waals surface area contributed by atoms with Crippen LogP contribution in [0, 0.1) is 17.3 Å². The van der Waals surface area contributed by atoms with Crippen molar-refractivity contribution in [2.75, 3.05) is 0 Å². The molecule has 2 aliphatic carbocycles. The highest BCUT2D eigenvalue weighted by Gasteiger charge is 2.52. The van der Waals surface area contributed by atoms with Crippen LogP contribution in [0.2, 0.25) is 5.02 Å². The fourth-order valence-electron chi connectivity index (χ4n) is 5.19. The Hall–Kier alpha value is -1.78. The standard InChI is InChI=1S/C26H34ClNO3/c1-15-5-10-19(11-6-15)31-22-12-9-17-7-8-18(13-20(17)24(22)27)16(2)28-23-14-21(25(29)30)26(23,3)4/h7-9,12-13,15-16,19,21,23,28H,5-6,10-11,14H2,1-4H3,(H,29,30). The average Bonchev–Trinajstić information content (AvgIpc) is 2.73. The molecule has 168 valence electrons. The van der Waals surface area contributed by atoms with E-state index in [0.29, 0.717) is 11.4 Å². The Morgan fingerprint density at radius 3 is 2.52 bits per heavy atom. The molecule has 0 bridgehead atoms. The van der Waals surface area contributed by atoms with Gasteiger partial charge in [-0.3, -0.25) is 4.79 Å². The summed E-state index contributed by atoms with van der Waals surface area (Å²) >= 11 is 6.80. The molecule has 3 unspecified atom stereocenters. The fourth-order valence-corrected chi connectivity index (χ4v) is 5.46. The number of aliphatic carboxylic acids is 1. The van der Waals surface area contributed by atoms with E-state index in [1.807, 2.05) is 19.9 Å². The summed E-state index contributed by atoms with van der Waals surface area (Å²) in [6.07, 6.45) is 5.51. The summed E-state index contributed by atoms with van der Waals surface area (Å²) < 4.78 is 6.29. The van der Waals surface area contributed by atoms with Gasteiger partial charge in [0.1, 0.15) is 5.75 Å². The van der Waals surface area contributed by atoms with Crippen molar-refractivity contribution in [1.82, 2.24) is 5.32 Å². The van der Waals surface area contributed by atoms with Crippen molar-refractivity contribution in [2.24, 2.45) is 17.3 Å². The van der Waals surface area contributed by atoms with Crippen molar-refractivity contribution in [3.63, 3.8) is 0 Å². The molecular formula is C26H34ClNO3. The van der Waals surface area contributed by atoms with Gasteiger partial charge in [-0.15, -0.1) is 0 Å². The van der Waals surface area contributed by atoms with E-state index in [-0.39, 0.29) is 29.5 Å². The lowest BCUT2D eigenvalue weighted by atomic mass is 9.58. The number of rotatable bonds is 6. The number of carboxylic acid groups (broad SMARTS) is 1. The van der Waals surface area contributed by atoms with Gasteiger partial charge in [0.05, 0.1) is 17.0 Å². The third-order valence-electron chi connectivity index (χ3n) is 7.72. The van der Waals surface area contributed by atoms with Crippen molar-refractivity contribution in [1.29, 1.82) is 0 Å². The largest absolute Gasteiger partial charge is 0.489 e. The van der Waals surface area contributed by atoms with Crippen molar-refractivity contribution in [2.45, 2.75) is 78.0 Å². The summed E-state index contributed by atoms with van der Waals surface area (Å²) in [5.74, 6) is 0.574. The first-order valence-electron chi connectivity index (χ1n) is 11.5. The van der Waals surface area contributed by atoms with Crippen LogP contribution >= 0.6 is 11.6 Å². The molecular weight excluding hydrogens is 410 g/mol. The number of benzene rings is 2. The number of halogens is 1. The summed E-state index contributed by atoms with van der Waals surface area (Å²) in [5, 5.41) is 15.8. The molecule has 5 heteroatoms. The van der Waals surface area contributed by atoms with E-state index in [9.17, 15) is 9.90 Å². The van der Waals surface area contributed by atoms with Crippen LogP contribution < -0.4 is 10.1 Å². The van der Waals surface area contributed by atoms with Crippen LogP contribution in [0.25, 0.3) is 10.8 Å². The molecule has 2 saturated carbocycles. The van der Waals surface area contributed by atoms with Gasteiger partial charge in [-0.1, -0.05) is 50.6 Å². The Labute approximate surface area is 190 Å². The molecule has 4 nitrogen and oxygen atoms in total. The Bertz CT molecular complexity index is 965. The molecule has 0 aliphatic heterocycles. The Kier molecular flexibility index (Phi) is 6.24. The summed E-state index contributed by atoms with van der Waals surface area (Å²) in [4.78, 5) is 11.4. The van der Waals surface area contributed by atoms with E-state index in [4.69, 9.17) is 16.3 Å². The molecule has 0 spiro atoms. The molecule has 2 fully saturated rings. The minimum absolute atomic E-state index is 0.101. The van der Waals surface area contributed by atoms with Gasteiger partial charge in [-0.25, -0.2) is 0 Å². The zero-order chi connectivity index (χ0) is 22.3. The van der Waals surface area contributed by atoms with Crippen molar-refractivity contribution >= 4 is 28.3 Å². The van der Waals surface area contributed by atoms with Crippen LogP contribution in [0.4, 0.5) is 0 Å². The number of fused-ring (bicyclic) bond motifs is 1.